The molecule has 0 bridgehead atoms. The molecule has 0 radical (unpaired) electrons. The smallest absolute Gasteiger partial charge is 0.286 e. The van der Waals surface area contributed by atoms with Crippen LogP contribution in [-0.4, -0.2) is 15.3 Å². The third-order valence-corrected chi connectivity index (χ3v) is 4.91. The van der Waals surface area contributed by atoms with Gasteiger partial charge in [-0.1, -0.05) is 24.3 Å². The van der Waals surface area contributed by atoms with Gasteiger partial charge >= 0.3 is 6.18 Å². The van der Waals surface area contributed by atoms with Gasteiger partial charge in [-0.2, -0.15) is 18.2 Å². The molecule has 0 spiro atoms. The molecule has 1 aliphatic carbocycles. The van der Waals surface area contributed by atoms with Gasteiger partial charge in [0.1, 0.15) is 5.82 Å². The molecular formula is C21H17F4N3O. The summed E-state index contributed by atoms with van der Waals surface area (Å²) in [5, 5.41) is 0. The Morgan fingerprint density at radius 1 is 1.07 bits per heavy atom. The average molecular weight is 403 g/mol. The van der Waals surface area contributed by atoms with Crippen LogP contribution < -0.4 is 5.49 Å². The van der Waals surface area contributed by atoms with E-state index in [1.807, 2.05) is 42.1 Å². The van der Waals surface area contributed by atoms with Gasteiger partial charge < -0.3 is 0 Å². The summed E-state index contributed by atoms with van der Waals surface area (Å²) in [4.78, 5) is 16.6. The van der Waals surface area contributed by atoms with E-state index < -0.39 is 29.0 Å². The summed E-state index contributed by atoms with van der Waals surface area (Å²) in [6, 6.07) is 13.5. The summed E-state index contributed by atoms with van der Waals surface area (Å²) in [6.45, 7) is 0. The molecule has 150 valence electrons. The van der Waals surface area contributed by atoms with Crippen LogP contribution >= 0.6 is 0 Å². The number of nitrogens with zero attached hydrogens (tertiary/aromatic N) is 3. The molecule has 0 N–H and O–H groups in total. The minimum Gasteiger partial charge on any atom is -0.286 e. The van der Waals surface area contributed by atoms with E-state index in [1.54, 1.807) is 10.7 Å². The van der Waals surface area contributed by atoms with Crippen LogP contribution in [0.3, 0.4) is 0 Å². The van der Waals surface area contributed by atoms with Gasteiger partial charge in [-0.25, -0.2) is 9.07 Å². The highest BCUT2D eigenvalue weighted by Crippen LogP contribution is 2.39. The van der Waals surface area contributed by atoms with E-state index in [0.717, 1.165) is 36.4 Å². The highest BCUT2D eigenvalue weighted by molar-refractivity contribution is 5.95. The van der Waals surface area contributed by atoms with Crippen molar-refractivity contribution in [3.8, 4) is 5.69 Å². The molecule has 1 heterocycles. The Morgan fingerprint density at radius 2 is 1.76 bits per heavy atom. The van der Waals surface area contributed by atoms with Gasteiger partial charge in [-0.05, 0) is 37.1 Å². The summed E-state index contributed by atoms with van der Waals surface area (Å²) < 4.78 is 56.8. The molecule has 2 aromatic carbocycles. The predicted molar refractivity (Wildman–Crippen MR) is 98.0 cm³/mol. The maximum atomic E-state index is 14.4. The first kappa shape index (κ1) is 19.2. The van der Waals surface area contributed by atoms with Crippen molar-refractivity contribution in [1.29, 1.82) is 0 Å². The Bertz CT molecular complexity index is 1140. The lowest BCUT2D eigenvalue weighted by atomic mass is 10.1. The average Bonchev–Trinajstić information content (AvgIpc) is 3.46. The van der Waals surface area contributed by atoms with E-state index in [1.165, 1.54) is 0 Å². The van der Waals surface area contributed by atoms with Gasteiger partial charge in [0.25, 0.3) is 5.91 Å². The van der Waals surface area contributed by atoms with Crippen LogP contribution in [-0.2, 0) is 13.2 Å². The lowest BCUT2D eigenvalue weighted by Crippen LogP contribution is -2.22. The van der Waals surface area contributed by atoms with Crippen LogP contribution in [0.15, 0.2) is 59.6 Å². The molecule has 4 rings (SSSR count). The van der Waals surface area contributed by atoms with E-state index in [4.69, 9.17) is 0 Å². The first-order valence-electron chi connectivity index (χ1n) is 9.06. The second kappa shape index (κ2) is 7.02. The normalized spacial score (nSPS) is 15.0. The molecule has 1 fully saturated rings. The Morgan fingerprint density at radius 3 is 2.38 bits per heavy atom. The fraction of sp³-hybridized carbons (Fsp3) is 0.238. The number of hydrogen-bond donors (Lipinski definition) is 0. The lowest BCUT2D eigenvalue weighted by Gasteiger charge is -2.11. The predicted octanol–water partition coefficient (Wildman–Crippen LogP) is 4.59. The number of amides is 1. The number of rotatable bonds is 3. The molecule has 1 saturated carbocycles. The topological polar surface area (TPSA) is 39.3 Å². The first-order chi connectivity index (χ1) is 13.8. The zero-order valence-corrected chi connectivity index (χ0v) is 15.4. The van der Waals surface area contributed by atoms with Crippen molar-refractivity contribution in [3.63, 3.8) is 0 Å². The van der Waals surface area contributed by atoms with Crippen molar-refractivity contribution in [3.05, 3.63) is 82.7 Å². The summed E-state index contributed by atoms with van der Waals surface area (Å²) in [5.41, 5.74) is -0.261. The van der Waals surface area contributed by atoms with Crippen LogP contribution in [0.5, 0.6) is 0 Å². The van der Waals surface area contributed by atoms with Crippen LogP contribution in [0.1, 0.15) is 40.4 Å². The van der Waals surface area contributed by atoms with Gasteiger partial charge in [0.15, 0.2) is 5.49 Å². The number of carbonyl (C=O) groups excluding carboxylic acids is 1. The maximum absolute atomic E-state index is 14.4. The number of aromatic nitrogens is 2. The maximum Gasteiger partial charge on any atom is 0.419 e. The highest BCUT2D eigenvalue weighted by atomic mass is 19.4. The van der Waals surface area contributed by atoms with Gasteiger partial charge in [-0.15, -0.1) is 0 Å². The zero-order chi connectivity index (χ0) is 20.8. The first-order valence-corrected chi connectivity index (χ1v) is 9.06. The van der Waals surface area contributed by atoms with Crippen molar-refractivity contribution < 1.29 is 22.4 Å². The van der Waals surface area contributed by atoms with E-state index >= 15 is 0 Å². The molecule has 1 amide bonds. The van der Waals surface area contributed by atoms with Crippen molar-refractivity contribution in [2.24, 2.45) is 12.0 Å². The molecule has 0 saturated heterocycles. The largest absolute Gasteiger partial charge is 0.419 e. The number of alkyl halides is 3. The van der Waals surface area contributed by atoms with Gasteiger partial charge in [-0.3, -0.25) is 9.48 Å². The molecule has 29 heavy (non-hydrogen) atoms. The van der Waals surface area contributed by atoms with Crippen molar-refractivity contribution in [2.75, 3.05) is 0 Å². The third-order valence-electron chi connectivity index (χ3n) is 4.91. The van der Waals surface area contributed by atoms with Gasteiger partial charge in [0.05, 0.1) is 16.8 Å². The quantitative estimate of drug-likeness (QED) is 0.590. The van der Waals surface area contributed by atoms with Crippen LogP contribution in [0.25, 0.3) is 5.69 Å². The molecule has 3 aromatic rings. The molecule has 0 atom stereocenters. The third kappa shape index (κ3) is 3.62. The van der Waals surface area contributed by atoms with E-state index in [2.05, 4.69) is 4.99 Å². The monoisotopic (exact) mass is 403 g/mol. The zero-order valence-electron chi connectivity index (χ0n) is 15.4. The van der Waals surface area contributed by atoms with Gasteiger partial charge in [0, 0.05) is 24.7 Å². The summed E-state index contributed by atoms with van der Waals surface area (Å²) >= 11 is 0. The van der Waals surface area contributed by atoms with Crippen LogP contribution in [0.2, 0.25) is 0 Å². The SMILES string of the molecule is Cn1c(C2CC2)c/c(=N\C(=O)c2cccc(C(F)(F)F)c2F)n1-c1ccccc1. The van der Waals surface area contributed by atoms with Crippen molar-refractivity contribution in [1.82, 2.24) is 9.36 Å². The van der Waals surface area contributed by atoms with E-state index in [9.17, 15) is 22.4 Å². The van der Waals surface area contributed by atoms with Crippen LogP contribution in [0, 0.1) is 5.82 Å². The van der Waals surface area contributed by atoms with Crippen molar-refractivity contribution >= 4 is 5.91 Å². The number of hydrogen-bond acceptors (Lipinski definition) is 1. The molecule has 4 nitrogen and oxygen atoms in total. The lowest BCUT2D eigenvalue weighted by molar-refractivity contribution is -0.140. The fourth-order valence-electron chi connectivity index (χ4n) is 3.35. The summed E-state index contributed by atoms with van der Waals surface area (Å²) in [5.74, 6) is -2.33. The number of carbonyl (C=O) groups is 1. The Labute approximate surface area is 163 Å². The summed E-state index contributed by atoms with van der Waals surface area (Å²) in [7, 11) is 1.83. The molecule has 0 aliphatic heterocycles. The number of halogens is 4. The Hall–Kier alpha value is -3.16. The van der Waals surface area contributed by atoms with E-state index in [0.29, 0.717) is 12.0 Å². The molecule has 8 heteroatoms. The highest BCUT2D eigenvalue weighted by Gasteiger charge is 2.35. The molecule has 0 unspecified atom stereocenters. The van der Waals surface area contributed by atoms with Crippen LogP contribution in [0.4, 0.5) is 17.6 Å². The molecule has 1 aliphatic rings. The van der Waals surface area contributed by atoms with E-state index in [-0.39, 0.29) is 5.49 Å². The second-order valence-corrected chi connectivity index (χ2v) is 6.95. The van der Waals surface area contributed by atoms with Gasteiger partial charge in [0.2, 0.25) is 0 Å². The Kier molecular flexibility index (Phi) is 4.64. The Balaban J connectivity index is 1.85. The minimum atomic E-state index is -4.89. The second-order valence-electron chi connectivity index (χ2n) is 6.95. The summed E-state index contributed by atoms with van der Waals surface area (Å²) in [6.07, 6.45) is -2.86. The minimum absolute atomic E-state index is 0.238. The molecular weight excluding hydrogens is 386 g/mol. The number of para-hydroxylation sites is 1. The fourth-order valence-corrected chi connectivity index (χ4v) is 3.35. The molecule has 1 aromatic heterocycles. The number of benzene rings is 2. The van der Waals surface area contributed by atoms with Crippen molar-refractivity contribution in [2.45, 2.75) is 24.9 Å². The standard InChI is InChI=1S/C21H17F4N3O/c1-27-17(13-10-11-13)12-18(28(27)14-6-3-2-4-7-14)26-20(29)15-8-5-9-16(19(15)22)21(23,24)25/h2-9,12-13H,10-11H2,1H3/b26-18+.